The summed E-state index contributed by atoms with van der Waals surface area (Å²) < 4.78 is 10.7. The second-order valence-electron chi connectivity index (χ2n) is 6.50. The quantitative estimate of drug-likeness (QED) is 0.588. The van der Waals surface area contributed by atoms with Gasteiger partial charge in [0.1, 0.15) is 0 Å². The van der Waals surface area contributed by atoms with Crippen LogP contribution in [0.1, 0.15) is 64.7 Å². The van der Waals surface area contributed by atoms with E-state index in [9.17, 15) is 0 Å². The number of methoxy groups -OCH3 is 1. The maximum atomic E-state index is 6.07. The molecule has 20 heavy (non-hydrogen) atoms. The van der Waals surface area contributed by atoms with Gasteiger partial charge in [0.15, 0.2) is 0 Å². The molecule has 0 aromatic rings. The largest absolute Gasteiger partial charge is 0.385 e. The molecule has 120 valence electrons. The Labute approximate surface area is 125 Å². The number of hydrogen-bond acceptors (Lipinski definition) is 3. The molecule has 0 unspecified atom stereocenters. The van der Waals surface area contributed by atoms with Gasteiger partial charge in [-0.05, 0) is 56.4 Å². The lowest BCUT2D eigenvalue weighted by Crippen LogP contribution is -2.36. The molecule has 1 saturated carbocycles. The number of rotatable bonds is 11. The second-order valence-corrected chi connectivity index (χ2v) is 6.50. The second kappa shape index (κ2) is 10.6. The summed E-state index contributed by atoms with van der Waals surface area (Å²) in [6.45, 7) is 5.58. The van der Waals surface area contributed by atoms with E-state index in [2.05, 4.69) is 6.92 Å². The van der Waals surface area contributed by atoms with Gasteiger partial charge in [-0.25, -0.2) is 0 Å². The highest BCUT2D eigenvalue weighted by Crippen LogP contribution is 2.42. The summed E-state index contributed by atoms with van der Waals surface area (Å²) in [5.41, 5.74) is 6.44. The van der Waals surface area contributed by atoms with E-state index in [1.165, 1.54) is 44.9 Å². The molecule has 1 rings (SSSR count). The first-order chi connectivity index (χ1) is 9.76. The molecule has 1 aliphatic carbocycles. The molecule has 1 fully saturated rings. The molecule has 0 heterocycles. The van der Waals surface area contributed by atoms with Crippen LogP contribution in [0.4, 0.5) is 0 Å². The van der Waals surface area contributed by atoms with Gasteiger partial charge in [-0.15, -0.1) is 0 Å². The van der Waals surface area contributed by atoms with Crippen molar-refractivity contribution in [1.82, 2.24) is 0 Å². The summed E-state index contributed by atoms with van der Waals surface area (Å²) in [6, 6.07) is 0. The highest BCUT2D eigenvalue weighted by atomic mass is 16.5. The van der Waals surface area contributed by atoms with Crippen LogP contribution in [0.25, 0.3) is 0 Å². The monoisotopic (exact) mass is 285 g/mol. The van der Waals surface area contributed by atoms with Gasteiger partial charge in [0.25, 0.3) is 0 Å². The van der Waals surface area contributed by atoms with Crippen molar-refractivity contribution >= 4 is 0 Å². The van der Waals surface area contributed by atoms with Gasteiger partial charge in [-0.3, -0.25) is 0 Å². The van der Waals surface area contributed by atoms with E-state index in [4.69, 9.17) is 15.2 Å². The molecule has 0 spiro atoms. The minimum Gasteiger partial charge on any atom is -0.385 e. The van der Waals surface area contributed by atoms with Gasteiger partial charge in [-0.1, -0.05) is 26.2 Å². The third-order valence-corrected chi connectivity index (χ3v) is 4.98. The highest BCUT2D eigenvalue weighted by molar-refractivity contribution is 4.86. The average molecular weight is 285 g/mol. The fourth-order valence-electron chi connectivity index (χ4n) is 3.32. The van der Waals surface area contributed by atoms with Crippen molar-refractivity contribution in [1.29, 1.82) is 0 Å². The Morgan fingerprint density at radius 1 is 1.10 bits per heavy atom. The van der Waals surface area contributed by atoms with Crippen LogP contribution in [0.5, 0.6) is 0 Å². The van der Waals surface area contributed by atoms with Crippen molar-refractivity contribution in [3.63, 3.8) is 0 Å². The van der Waals surface area contributed by atoms with Crippen LogP contribution in [-0.2, 0) is 9.47 Å². The summed E-state index contributed by atoms with van der Waals surface area (Å²) in [5, 5.41) is 0. The first kappa shape index (κ1) is 17.9. The summed E-state index contributed by atoms with van der Waals surface area (Å²) in [6.07, 6.45) is 11.6. The average Bonchev–Trinajstić information content (AvgIpc) is 2.50. The number of nitrogens with two attached hydrogens (primary N) is 1. The molecular weight excluding hydrogens is 250 g/mol. The lowest BCUT2D eigenvalue weighted by molar-refractivity contribution is 0.0563. The van der Waals surface area contributed by atoms with Gasteiger partial charge in [-0.2, -0.15) is 0 Å². The number of unbranched alkanes of at least 4 members (excludes halogenated alkanes) is 1. The van der Waals surface area contributed by atoms with E-state index < -0.39 is 0 Å². The Balaban J connectivity index is 2.17. The van der Waals surface area contributed by atoms with Gasteiger partial charge in [0.2, 0.25) is 0 Å². The summed E-state index contributed by atoms with van der Waals surface area (Å²) in [5.74, 6) is 0.956. The fourth-order valence-corrected chi connectivity index (χ4v) is 3.32. The molecule has 2 N–H and O–H groups in total. The van der Waals surface area contributed by atoms with E-state index in [0.717, 1.165) is 45.1 Å². The molecule has 0 aromatic carbocycles. The maximum Gasteiger partial charge on any atom is 0.0487 e. The minimum absolute atomic E-state index is 0.365. The predicted octanol–water partition coefficient (Wildman–Crippen LogP) is 3.76. The third-order valence-electron chi connectivity index (χ3n) is 4.98. The molecule has 0 amide bonds. The Kier molecular flexibility index (Phi) is 9.49. The normalized spacial score (nSPS) is 26.9. The van der Waals surface area contributed by atoms with Gasteiger partial charge >= 0.3 is 0 Å². The molecule has 0 aliphatic heterocycles. The summed E-state index contributed by atoms with van der Waals surface area (Å²) in [7, 11) is 1.74. The summed E-state index contributed by atoms with van der Waals surface area (Å²) >= 11 is 0. The van der Waals surface area contributed by atoms with Crippen molar-refractivity contribution in [3.05, 3.63) is 0 Å². The molecule has 0 radical (unpaired) electrons. The molecule has 3 heteroatoms. The van der Waals surface area contributed by atoms with Crippen molar-refractivity contribution in [2.75, 3.05) is 33.5 Å². The molecular formula is C17H35NO2. The third kappa shape index (κ3) is 6.55. The molecule has 1 aliphatic rings. The van der Waals surface area contributed by atoms with Gasteiger partial charge < -0.3 is 15.2 Å². The molecule has 3 nitrogen and oxygen atoms in total. The zero-order chi connectivity index (χ0) is 14.7. The van der Waals surface area contributed by atoms with Crippen LogP contribution in [0.15, 0.2) is 0 Å². The van der Waals surface area contributed by atoms with Crippen molar-refractivity contribution in [2.45, 2.75) is 64.7 Å². The van der Waals surface area contributed by atoms with Crippen molar-refractivity contribution in [2.24, 2.45) is 17.1 Å². The van der Waals surface area contributed by atoms with Crippen LogP contribution in [-0.4, -0.2) is 33.5 Å². The molecule has 0 aromatic heterocycles. The minimum atomic E-state index is 0.365. The smallest absolute Gasteiger partial charge is 0.0487 e. The SMILES string of the molecule is CCCCC1CCC(CN)(CCOCCCOC)CC1. The first-order valence-corrected chi connectivity index (χ1v) is 8.53. The topological polar surface area (TPSA) is 44.5 Å². The molecule has 0 bridgehead atoms. The van der Waals surface area contributed by atoms with E-state index >= 15 is 0 Å². The van der Waals surface area contributed by atoms with E-state index in [0.29, 0.717) is 5.41 Å². The zero-order valence-corrected chi connectivity index (χ0v) is 13.7. The maximum absolute atomic E-state index is 6.07. The lowest BCUT2D eigenvalue weighted by Gasteiger charge is -2.39. The fraction of sp³-hybridized carbons (Fsp3) is 1.00. The molecule has 0 saturated heterocycles. The highest BCUT2D eigenvalue weighted by Gasteiger charge is 2.33. The van der Waals surface area contributed by atoms with Crippen LogP contribution in [0.2, 0.25) is 0 Å². The zero-order valence-electron chi connectivity index (χ0n) is 13.7. The van der Waals surface area contributed by atoms with E-state index in [1.54, 1.807) is 7.11 Å². The van der Waals surface area contributed by atoms with Crippen LogP contribution in [0.3, 0.4) is 0 Å². The lowest BCUT2D eigenvalue weighted by atomic mass is 9.68. The van der Waals surface area contributed by atoms with Crippen LogP contribution < -0.4 is 5.73 Å². The van der Waals surface area contributed by atoms with E-state index in [1.807, 2.05) is 0 Å². The van der Waals surface area contributed by atoms with Gasteiger partial charge in [0.05, 0.1) is 0 Å². The predicted molar refractivity (Wildman–Crippen MR) is 84.9 cm³/mol. The summed E-state index contributed by atoms with van der Waals surface area (Å²) in [4.78, 5) is 0. The van der Waals surface area contributed by atoms with Crippen molar-refractivity contribution in [3.8, 4) is 0 Å². The van der Waals surface area contributed by atoms with Crippen LogP contribution in [0, 0.1) is 11.3 Å². The van der Waals surface area contributed by atoms with Crippen molar-refractivity contribution < 1.29 is 9.47 Å². The Hall–Kier alpha value is -0.120. The molecule has 0 atom stereocenters. The Morgan fingerprint density at radius 3 is 2.45 bits per heavy atom. The Morgan fingerprint density at radius 2 is 1.85 bits per heavy atom. The standard InChI is InChI=1S/C17H35NO2/c1-3-4-6-16-7-9-17(15-18,10-8-16)11-14-20-13-5-12-19-2/h16H,3-15,18H2,1-2H3. The number of ether oxygens (including phenoxy) is 2. The van der Waals surface area contributed by atoms with Crippen LogP contribution >= 0.6 is 0 Å². The van der Waals surface area contributed by atoms with E-state index in [-0.39, 0.29) is 0 Å². The number of hydrogen-bond donors (Lipinski definition) is 1. The first-order valence-electron chi connectivity index (χ1n) is 8.53. The van der Waals surface area contributed by atoms with Gasteiger partial charge in [0, 0.05) is 26.9 Å². The Bertz CT molecular complexity index is 225.